The van der Waals surface area contributed by atoms with Crippen molar-refractivity contribution in [1.82, 2.24) is 0 Å². The first-order valence-corrected chi connectivity index (χ1v) is 7.86. The molecule has 5 aromatic rings. The van der Waals surface area contributed by atoms with Crippen LogP contribution in [0.15, 0.2) is 72.8 Å². The number of hydrogen-bond donors (Lipinski definition) is 0. The number of benzene rings is 5. The summed E-state index contributed by atoms with van der Waals surface area (Å²) in [6.07, 6.45) is 0. The lowest BCUT2D eigenvalue weighted by atomic mass is 9.97. The lowest BCUT2D eigenvalue weighted by Gasteiger charge is -2.06. The zero-order chi connectivity index (χ0) is 15.0. The first-order valence-electron chi connectivity index (χ1n) is 7.86. The van der Waals surface area contributed by atoms with E-state index in [9.17, 15) is 0 Å². The number of hydrogen-bond acceptors (Lipinski definition) is 1. The molecule has 0 bridgehead atoms. The minimum Gasteiger partial charge on any atom is -0.449 e. The molecular formula is C22H12O. The van der Waals surface area contributed by atoms with Crippen molar-refractivity contribution in [2.75, 3.05) is 0 Å². The fraction of sp³-hybridized carbons (Fsp3) is 0. The van der Waals surface area contributed by atoms with Gasteiger partial charge in [-0.3, -0.25) is 0 Å². The molecule has 1 aliphatic heterocycles. The standard InChI is InChI=1S/C22H12O/c1-2-4-14-8-17-11-19-12-20-15(5-6-21-22(20)23-21)9-18(19)10-16(17)7-13(14)3-1/h1-12H. The first-order chi connectivity index (χ1) is 11.3. The monoisotopic (exact) mass is 292 g/mol. The molecule has 1 nitrogen and oxygen atoms in total. The van der Waals surface area contributed by atoms with Crippen LogP contribution in [-0.4, -0.2) is 0 Å². The fourth-order valence-electron chi connectivity index (χ4n) is 3.64. The van der Waals surface area contributed by atoms with Gasteiger partial charge in [-0.15, -0.1) is 0 Å². The number of ether oxygens (including phenoxy) is 1. The second-order valence-corrected chi connectivity index (χ2v) is 6.31. The van der Waals surface area contributed by atoms with Gasteiger partial charge in [0.2, 0.25) is 0 Å². The van der Waals surface area contributed by atoms with Crippen molar-refractivity contribution in [3.8, 4) is 11.5 Å². The van der Waals surface area contributed by atoms with Crippen molar-refractivity contribution in [2.45, 2.75) is 0 Å². The molecule has 1 heterocycles. The van der Waals surface area contributed by atoms with Crippen LogP contribution in [0.5, 0.6) is 11.5 Å². The highest BCUT2D eigenvalue weighted by molar-refractivity contribution is 6.10. The maximum absolute atomic E-state index is 5.54. The summed E-state index contributed by atoms with van der Waals surface area (Å²) < 4.78 is 5.54. The maximum atomic E-state index is 5.54. The number of rotatable bonds is 0. The van der Waals surface area contributed by atoms with Crippen molar-refractivity contribution in [3.63, 3.8) is 0 Å². The third-order valence-electron chi connectivity index (χ3n) is 4.88. The zero-order valence-corrected chi connectivity index (χ0v) is 12.3. The van der Waals surface area contributed by atoms with Gasteiger partial charge in [0.05, 0.1) is 0 Å². The van der Waals surface area contributed by atoms with Crippen molar-refractivity contribution >= 4 is 43.1 Å². The molecule has 0 atom stereocenters. The quantitative estimate of drug-likeness (QED) is 0.233. The molecule has 0 fully saturated rings. The maximum Gasteiger partial charge on any atom is 0.177 e. The molecule has 0 aliphatic carbocycles. The minimum absolute atomic E-state index is 1.02. The van der Waals surface area contributed by atoms with E-state index in [-0.39, 0.29) is 0 Å². The Balaban J connectivity index is 1.76. The molecule has 0 saturated carbocycles. The average Bonchev–Trinajstić information content (AvgIpc) is 3.36. The molecule has 0 amide bonds. The van der Waals surface area contributed by atoms with Crippen LogP contribution in [0, 0.1) is 0 Å². The first kappa shape index (κ1) is 11.5. The highest BCUT2D eigenvalue weighted by Gasteiger charge is 2.22. The summed E-state index contributed by atoms with van der Waals surface area (Å²) in [5, 5.41) is 10.2. The van der Waals surface area contributed by atoms with Gasteiger partial charge in [0.1, 0.15) is 0 Å². The molecule has 0 unspecified atom stereocenters. The van der Waals surface area contributed by atoms with E-state index >= 15 is 0 Å². The summed E-state index contributed by atoms with van der Waals surface area (Å²) in [4.78, 5) is 0. The second-order valence-electron chi connectivity index (χ2n) is 6.31. The Labute approximate surface area is 132 Å². The summed E-state index contributed by atoms with van der Waals surface area (Å²) in [6.45, 7) is 0. The molecule has 0 saturated heterocycles. The number of fused-ring (bicyclic) bond motifs is 6. The van der Waals surface area contributed by atoms with Gasteiger partial charge in [0, 0.05) is 5.39 Å². The van der Waals surface area contributed by atoms with Crippen molar-refractivity contribution < 1.29 is 4.74 Å². The van der Waals surface area contributed by atoms with E-state index in [4.69, 9.17) is 4.74 Å². The van der Waals surface area contributed by atoms with Crippen LogP contribution in [-0.2, 0) is 0 Å². The van der Waals surface area contributed by atoms with E-state index in [0.29, 0.717) is 0 Å². The van der Waals surface area contributed by atoms with Crippen LogP contribution in [0.25, 0.3) is 43.1 Å². The summed E-state index contributed by atoms with van der Waals surface area (Å²) >= 11 is 0. The Hall–Kier alpha value is -3.06. The van der Waals surface area contributed by atoms with Crippen LogP contribution in [0.3, 0.4) is 0 Å². The van der Waals surface area contributed by atoms with Gasteiger partial charge in [0.25, 0.3) is 0 Å². The summed E-state index contributed by atoms with van der Waals surface area (Å²) in [6, 6.07) is 26.4. The highest BCUT2D eigenvalue weighted by Crippen LogP contribution is 2.51. The Morgan fingerprint density at radius 3 is 1.74 bits per heavy atom. The predicted octanol–water partition coefficient (Wildman–Crippen LogP) is 6.41. The van der Waals surface area contributed by atoms with Crippen molar-refractivity contribution in [1.29, 1.82) is 0 Å². The summed E-state index contributed by atoms with van der Waals surface area (Å²) in [5.41, 5.74) is 0. The molecule has 0 spiro atoms. The van der Waals surface area contributed by atoms with E-state index in [0.717, 1.165) is 11.5 Å². The van der Waals surface area contributed by atoms with Gasteiger partial charge in [0.15, 0.2) is 11.5 Å². The SMILES string of the molecule is c1ccc2cc3cc4cc5c6c(ccc5cc4cc3cc2c1)O6. The summed E-state index contributed by atoms with van der Waals surface area (Å²) in [7, 11) is 0. The Morgan fingerprint density at radius 2 is 1.04 bits per heavy atom. The van der Waals surface area contributed by atoms with E-state index in [1.165, 1.54) is 43.1 Å². The Bertz CT molecular complexity index is 1280. The van der Waals surface area contributed by atoms with Gasteiger partial charge in [-0.2, -0.15) is 0 Å². The van der Waals surface area contributed by atoms with Gasteiger partial charge < -0.3 is 4.74 Å². The Kier molecular flexibility index (Phi) is 1.91. The van der Waals surface area contributed by atoms with Crippen LogP contribution in [0.4, 0.5) is 0 Å². The predicted molar refractivity (Wildman–Crippen MR) is 96.5 cm³/mol. The average molecular weight is 292 g/mol. The molecule has 1 aliphatic rings. The third-order valence-corrected chi connectivity index (χ3v) is 4.88. The van der Waals surface area contributed by atoms with Crippen LogP contribution in [0.2, 0.25) is 0 Å². The molecule has 23 heavy (non-hydrogen) atoms. The smallest absolute Gasteiger partial charge is 0.177 e. The van der Waals surface area contributed by atoms with Crippen LogP contribution in [0.1, 0.15) is 0 Å². The summed E-state index contributed by atoms with van der Waals surface area (Å²) in [5.74, 6) is 2.06. The van der Waals surface area contributed by atoms with Gasteiger partial charge in [-0.25, -0.2) is 0 Å². The van der Waals surface area contributed by atoms with Crippen LogP contribution < -0.4 is 4.74 Å². The van der Waals surface area contributed by atoms with E-state index < -0.39 is 0 Å². The Morgan fingerprint density at radius 1 is 0.478 bits per heavy atom. The molecule has 1 heteroatoms. The second kappa shape index (κ2) is 3.82. The lowest BCUT2D eigenvalue weighted by molar-refractivity contribution is 0.653. The van der Waals surface area contributed by atoms with Crippen molar-refractivity contribution in [3.05, 3.63) is 72.8 Å². The van der Waals surface area contributed by atoms with E-state index in [1.807, 2.05) is 0 Å². The largest absolute Gasteiger partial charge is 0.449 e. The zero-order valence-electron chi connectivity index (χ0n) is 12.3. The van der Waals surface area contributed by atoms with Crippen molar-refractivity contribution in [2.24, 2.45) is 0 Å². The molecule has 6 rings (SSSR count). The normalized spacial score (nSPS) is 12.7. The molecule has 5 aromatic carbocycles. The highest BCUT2D eigenvalue weighted by atomic mass is 16.6. The molecule has 0 radical (unpaired) electrons. The minimum atomic E-state index is 1.02. The van der Waals surface area contributed by atoms with E-state index in [1.54, 1.807) is 0 Å². The topological polar surface area (TPSA) is 12.5 Å². The van der Waals surface area contributed by atoms with Gasteiger partial charge in [-0.1, -0.05) is 30.3 Å². The molecular weight excluding hydrogens is 280 g/mol. The van der Waals surface area contributed by atoms with Gasteiger partial charge >= 0.3 is 0 Å². The van der Waals surface area contributed by atoms with Crippen LogP contribution >= 0.6 is 0 Å². The third kappa shape index (κ3) is 1.56. The fourth-order valence-corrected chi connectivity index (χ4v) is 3.64. The molecule has 0 aromatic heterocycles. The molecule has 106 valence electrons. The van der Waals surface area contributed by atoms with Gasteiger partial charge in [-0.05, 0) is 80.2 Å². The molecule has 0 N–H and O–H groups in total. The lowest BCUT2D eigenvalue weighted by Crippen LogP contribution is -1.79. The van der Waals surface area contributed by atoms with E-state index in [2.05, 4.69) is 72.8 Å².